The molecule has 3 saturated carbocycles. The Morgan fingerprint density at radius 2 is 1.79 bits per heavy atom. The average molecular weight is 463 g/mol. The first-order valence-electron chi connectivity index (χ1n) is 12.5. The van der Waals surface area contributed by atoms with Gasteiger partial charge in [0.05, 0.1) is 19.3 Å². The van der Waals surface area contributed by atoms with Gasteiger partial charge in [0.15, 0.2) is 25.2 Å². The van der Waals surface area contributed by atoms with E-state index in [1.165, 1.54) is 0 Å². The first kappa shape index (κ1) is 21.4. The number of hydrogen-bond donors (Lipinski definition) is 1. The summed E-state index contributed by atoms with van der Waals surface area (Å²) in [4.78, 5) is 13.8. The summed E-state index contributed by atoms with van der Waals surface area (Å²) in [6, 6.07) is 0. The van der Waals surface area contributed by atoms with Crippen LogP contribution in [0.1, 0.15) is 52.4 Å². The molecule has 7 rings (SSSR count). The van der Waals surface area contributed by atoms with Gasteiger partial charge in [-0.15, -0.1) is 0 Å². The van der Waals surface area contributed by atoms with Gasteiger partial charge in [0.1, 0.15) is 12.2 Å². The number of fused-ring (bicyclic) bond motifs is 7. The summed E-state index contributed by atoms with van der Waals surface area (Å²) in [6.07, 6.45) is 5.64. The van der Waals surface area contributed by atoms with Crippen molar-refractivity contribution in [3.05, 3.63) is 11.6 Å². The number of rotatable bonds is 0. The lowest BCUT2D eigenvalue weighted by Crippen LogP contribution is -2.67. The molecular weight excluding hydrogens is 428 g/mol. The first-order valence-corrected chi connectivity index (χ1v) is 12.5. The summed E-state index contributed by atoms with van der Waals surface area (Å²) in [5, 5.41) is 11.8. The summed E-state index contributed by atoms with van der Waals surface area (Å²) >= 11 is 0. The third-order valence-corrected chi connectivity index (χ3v) is 10.7. The molecule has 7 aliphatic rings. The van der Waals surface area contributed by atoms with Crippen molar-refractivity contribution >= 4 is 5.78 Å². The minimum atomic E-state index is -0.958. The number of allylic oxidation sites excluding steroid dienone is 1. The van der Waals surface area contributed by atoms with Crippen LogP contribution in [0.5, 0.6) is 0 Å². The number of carbonyl (C=O) groups is 1. The third kappa shape index (κ3) is 2.44. The molecule has 0 aromatic rings. The van der Waals surface area contributed by atoms with Gasteiger partial charge in [-0.3, -0.25) is 4.79 Å². The quantitative estimate of drug-likeness (QED) is 0.586. The van der Waals surface area contributed by atoms with Crippen LogP contribution in [0.15, 0.2) is 11.6 Å². The van der Waals surface area contributed by atoms with Gasteiger partial charge in [0, 0.05) is 30.1 Å². The van der Waals surface area contributed by atoms with Crippen molar-refractivity contribution in [1.82, 2.24) is 0 Å². The molecule has 8 nitrogen and oxygen atoms in total. The van der Waals surface area contributed by atoms with Crippen molar-refractivity contribution in [2.45, 2.75) is 75.7 Å². The van der Waals surface area contributed by atoms with Crippen LogP contribution in [-0.4, -0.2) is 67.6 Å². The van der Waals surface area contributed by atoms with Crippen LogP contribution >= 0.6 is 0 Å². The number of ketones is 1. The highest BCUT2D eigenvalue weighted by Crippen LogP contribution is 2.71. The van der Waals surface area contributed by atoms with E-state index in [1.807, 2.05) is 6.08 Å². The van der Waals surface area contributed by atoms with E-state index in [-0.39, 0.29) is 42.5 Å². The Hall–Kier alpha value is -0.870. The molecule has 33 heavy (non-hydrogen) atoms. The van der Waals surface area contributed by atoms with Crippen LogP contribution in [0.2, 0.25) is 0 Å². The second-order valence-corrected chi connectivity index (χ2v) is 11.8. The van der Waals surface area contributed by atoms with Crippen molar-refractivity contribution in [2.24, 2.45) is 28.6 Å². The van der Waals surface area contributed by atoms with Crippen molar-refractivity contribution in [3.63, 3.8) is 0 Å². The molecule has 0 bridgehead atoms. The molecule has 8 heteroatoms. The van der Waals surface area contributed by atoms with Crippen LogP contribution in [0.25, 0.3) is 0 Å². The molecule has 4 aliphatic carbocycles. The molecule has 0 aromatic carbocycles. The Balaban J connectivity index is 1.29. The molecule has 3 spiro atoms. The van der Waals surface area contributed by atoms with Crippen LogP contribution in [-0.2, 0) is 33.2 Å². The molecule has 5 unspecified atom stereocenters. The molecular formula is C25H34O8. The maximum atomic E-state index is 13.8. The van der Waals surface area contributed by atoms with E-state index in [0.29, 0.717) is 32.7 Å². The lowest BCUT2D eigenvalue weighted by atomic mass is 9.45. The monoisotopic (exact) mass is 462 g/mol. The Morgan fingerprint density at radius 1 is 1.00 bits per heavy atom. The molecule has 3 heterocycles. The van der Waals surface area contributed by atoms with Crippen molar-refractivity contribution in [3.8, 4) is 0 Å². The fourth-order valence-electron chi connectivity index (χ4n) is 9.19. The summed E-state index contributed by atoms with van der Waals surface area (Å²) in [5.74, 6) is -1.69. The SMILES string of the molecule is C[C@]12CCC3(CC1=CC(=O)C1C2C(O)C[C@@]2(C)C1CC[C@@]21OCOC12COCO2)OCCO3. The topological polar surface area (TPSA) is 92.7 Å². The van der Waals surface area contributed by atoms with Gasteiger partial charge in [-0.05, 0) is 43.1 Å². The number of aliphatic hydroxyl groups is 1. The molecule has 3 aliphatic heterocycles. The van der Waals surface area contributed by atoms with E-state index in [9.17, 15) is 9.90 Å². The van der Waals surface area contributed by atoms with E-state index < -0.39 is 28.7 Å². The molecule has 8 atom stereocenters. The zero-order valence-corrected chi connectivity index (χ0v) is 19.5. The van der Waals surface area contributed by atoms with Gasteiger partial charge in [-0.25, -0.2) is 0 Å². The smallest absolute Gasteiger partial charge is 0.226 e. The zero-order valence-electron chi connectivity index (χ0n) is 19.5. The lowest BCUT2D eigenvalue weighted by Gasteiger charge is -2.61. The maximum Gasteiger partial charge on any atom is 0.226 e. The van der Waals surface area contributed by atoms with Crippen molar-refractivity contribution in [2.75, 3.05) is 33.4 Å². The molecule has 1 N–H and O–H groups in total. The second kappa shape index (κ2) is 6.66. The molecule has 0 aromatic heterocycles. The summed E-state index contributed by atoms with van der Waals surface area (Å²) in [7, 11) is 0. The fourth-order valence-corrected chi connectivity index (χ4v) is 9.19. The van der Waals surface area contributed by atoms with Gasteiger partial charge < -0.3 is 33.5 Å². The van der Waals surface area contributed by atoms with E-state index in [2.05, 4.69) is 13.8 Å². The van der Waals surface area contributed by atoms with E-state index >= 15 is 0 Å². The van der Waals surface area contributed by atoms with Gasteiger partial charge in [-0.1, -0.05) is 19.4 Å². The van der Waals surface area contributed by atoms with E-state index in [1.54, 1.807) is 0 Å². The van der Waals surface area contributed by atoms with Gasteiger partial charge in [0.25, 0.3) is 0 Å². The molecule has 3 saturated heterocycles. The third-order valence-electron chi connectivity index (χ3n) is 10.7. The standard InChI is InChI=1S/C25H34O8/c1-21-5-6-23(29-7-8-30-23)10-15(21)9-17(26)19-16-3-4-24(22(16,2)11-18(27)20(19)21)25(33-14-31-24)12-28-13-32-25/h9,16,18-20,27H,3-8,10-14H2,1-2H3/t16?,18?,19?,20?,21-,22-,24+,25?/m0/s1. The Morgan fingerprint density at radius 3 is 2.55 bits per heavy atom. The number of aliphatic hydroxyl groups excluding tert-OH is 1. The van der Waals surface area contributed by atoms with E-state index in [0.717, 1.165) is 31.3 Å². The maximum absolute atomic E-state index is 13.8. The minimum Gasteiger partial charge on any atom is -0.393 e. The number of carbonyl (C=O) groups excluding carboxylic acids is 1. The van der Waals surface area contributed by atoms with Crippen molar-refractivity contribution in [1.29, 1.82) is 0 Å². The average Bonchev–Trinajstić information content (AvgIpc) is 3.55. The highest BCUT2D eigenvalue weighted by atomic mass is 16.9. The first-order chi connectivity index (χ1) is 15.8. The highest BCUT2D eigenvalue weighted by molar-refractivity contribution is 5.94. The van der Waals surface area contributed by atoms with Gasteiger partial charge >= 0.3 is 0 Å². The molecule has 6 fully saturated rings. The molecule has 0 radical (unpaired) electrons. The number of ether oxygens (including phenoxy) is 6. The number of hydrogen-bond acceptors (Lipinski definition) is 8. The Labute approximate surface area is 193 Å². The van der Waals surface area contributed by atoms with Crippen LogP contribution in [0.4, 0.5) is 0 Å². The van der Waals surface area contributed by atoms with Gasteiger partial charge in [0.2, 0.25) is 5.79 Å². The fraction of sp³-hybridized carbons (Fsp3) is 0.880. The Bertz CT molecular complexity index is 899. The second-order valence-electron chi connectivity index (χ2n) is 11.8. The minimum absolute atomic E-state index is 0.0886. The predicted molar refractivity (Wildman–Crippen MR) is 113 cm³/mol. The highest BCUT2D eigenvalue weighted by Gasteiger charge is 2.77. The van der Waals surface area contributed by atoms with Crippen LogP contribution < -0.4 is 0 Å². The van der Waals surface area contributed by atoms with E-state index in [4.69, 9.17) is 28.4 Å². The lowest BCUT2D eigenvalue weighted by molar-refractivity contribution is -0.257. The predicted octanol–water partition coefficient (Wildman–Crippen LogP) is 2.29. The van der Waals surface area contributed by atoms with Crippen LogP contribution in [0.3, 0.4) is 0 Å². The van der Waals surface area contributed by atoms with Crippen LogP contribution in [0, 0.1) is 28.6 Å². The summed E-state index contributed by atoms with van der Waals surface area (Å²) < 4.78 is 36.0. The zero-order chi connectivity index (χ0) is 22.7. The summed E-state index contributed by atoms with van der Waals surface area (Å²) in [6.45, 7) is 6.26. The molecule has 182 valence electrons. The van der Waals surface area contributed by atoms with Crippen molar-refractivity contribution < 1.29 is 38.3 Å². The Kier molecular flexibility index (Phi) is 4.32. The van der Waals surface area contributed by atoms with Gasteiger partial charge in [-0.2, -0.15) is 0 Å². The normalized spacial score (nSPS) is 54.6. The largest absolute Gasteiger partial charge is 0.393 e. The molecule has 0 amide bonds. The summed E-state index contributed by atoms with van der Waals surface area (Å²) in [5.41, 5.74) is -0.335.